The summed E-state index contributed by atoms with van der Waals surface area (Å²) in [5.74, 6) is 0.182. The SMILES string of the molecule is CC(C(=O)NCC1CC(=O)N(Cc2ccccc2)C1)c1ccccc1. The average Bonchev–Trinajstić information content (AvgIpc) is 3.00. The van der Waals surface area contributed by atoms with Gasteiger partial charge in [-0.25, -0.2) is 0 Å². The summed E-state index contributed by atoms with van der Waals surface area (Å²) in [5.41, 5.74) is 2.14. The first-order valence-corrected chi connectivity index (χ1v) is 8.78. The van der Waals surface area contributed by atoms with Gasteiger partial charge in [0.2, 0.25) is 11.8 Å². The van der Waals surface area contributed by atoms with E-state index in [4.69, 9.17) is 0 Å². The number of nitrogens with zero attached hydrogens (tertiary/aromatic N) is 1. The fourth-order valence-electron chi connectivity index (χ4n) is 3.24. The Morgan fingerprint density at radius 2 is 1.76 bits per heavy atom. The average molecular weight is 336 g/mol. The van der Waals surface area contributed by atoms with E-state index in [0.29, 0.717) is 26.1 Å². The zero-order valence-electron chi connectivity index (χ0n) is 14.5. The highest BCUT2D eigenvalue weighted by Gasteiger charge is 2.30. The van der Waals surface area contributed by atoms with Gasteiger partial charge in [-0.2, -0.15) is 0 Å². The molecule has 4 nitrogen and oxygen atoms in total. The van der Waals surface area contributed by atoms with Crippen LogP contribution in [-0.4, -0.2) is 29.8 Å². The molecule has 4 heteroatoms. The second-order valence-electron chi connectivity index (χ2n) is 6.71. The maximum atomic E-state index is 12.3. The number of hydrogen-bond acceptors (Lipinski definition) is 2. The molecule has 2 aromatic carbocycles. The Labute approximate surface area is 148 Å². The van der Waals surface area contributed by atoms with Crippen LogP contribution in [0, 0.1) is 5.92 Å². The molecule has 130 valence electrons. The van der Waals surface area contributed by atoms with Gasteiger partial charge in [-0.05, 0) is 18.1 Å². The van der Waals surface area contributed by atoms with Crippen LogP contribution in [0.5, 0.6) is 0 Å². The number of nitrogens with one attached hydrogen (secondary N) is 1. The summed E-state index contributed by atoms with van der Waals surface area (Å²) in [6.07, 6.45) is 0.507. The van der Waals surface area contributed by atoms with Crippen LogP contribution in [0.3, 0.4) is 0 Å². The summed E-state index contributed by atoms with van der Waals surface area (Å²) in [4.78, 5) is 26.4. The molecular weight excluding hydrogens is 312 g/mol. The van der Waals surface area contributed by atoms with E-state index < -0.39 is 0 Å². The number of carbonyl (C=O) groups excluding carboxylic acids is 2. The fourth-order valence-corrected chi connectivity index (χ4v) is 3.24. The van der Waals surface area contributed by atoms with Crippen LogP contribution < -0.4 is 5.32 Å². The molecule has 0 aromatic heterocycles. The van der Waals surface area contributed by atoms with Gasteiger partial charge in [0, 0.05) is 32.0 Å². The van der Waals surface area contributed by atoms with E-state index in [-0.39, 0.29) is 23.7 Å². The molecule has 0 aliphatic carbocycles. The first-order chi connectivity index (χ1) is 12.1. The van der Waals surface area contributed by atoms with Crippen molar-refractivity contribution in [2.24, 2.45) is 5.92 Å². The predicted molar refractivity (Wildman–Crippen MR) is 97.8 cm³/mol. The standard InChI is InChI=1S/C21H24N2O2/c1-16(19-10-6-3-7-11-19)21(25)22-13-18-12-20(24)23(15-18)14-17-8-4-2-5-9-17/h2-11,16,18H,12-15H2,1H3,(H,22,25). The summed E-state index contributed by atoms with van der Waals surface area (Å²) in [7, 11) is 0. The number of likely N-dealkylation sites (tertiary alicyclic amines) is 1. The quantitative estimate of drug-likeness (QED) is 0.882. The van der Waals surface area contributed by atoms with Crippen molar-refractivity contribution < 1.29 is 9.59 Å². The monoisotopic (exact) mass is 336 g/mol. The molecule has 2 aromatic rings. The lowest BCUT2D eigenvalue weighted by Gasteiger charge is -2.18. The molecule has 0 radical (unpaired) electrons. The molecule has 1 aliphatic rings. The number of rotatable bonds is 6. The summed E-state index contributed by atoms with van der Waals surface area (Å²) < 4.78 is 0. The number of carbonyl (C=O) groups is 2. The van der Waals surface area contributed by atoms with Gasteiger partial charge in [0.1, 0.15) is 0 Å². The molecule has 1 N–H and O–H groups in total. The molecule has 2 atom stereocenters. The van der Waals surface area contributed by atoms with E-state index in [2.05, 4.69) is 5.32 Å². The number of hydrogen-bond donors (Lipinski definition) is 1. The molecular formula is C21H24N2O2. The van der Waals surface area contributed by atoms with Crippen molar-refractivity contribution in [2.45, 2.75) is 25.8 Å². The molecule has 1 saturated heterocycles. The van der Waals surface area contributed by atoms with E-state index in [1.165, 1.54) is 0 Å². The number of amides is 2. The topological polar surface area (TPSA) is 49.4 Å². The minimum absolute atomic E-state index is 0.0140. The third kappa shape index (κ3) is 4.47. The minimum Gasteiger partial charge on any atom is -0.355 e. The molecule has 0 spiro atoms. The van der Waals surface area contributed by atoms with Gasteiger partial charge < -0.3 is 10.2 Å². The predicted octanol–water partition coefficient (Wildman–Crippen LogP) is 2.96. The largest absolute Gasteiger partial charge is 0.355 e. The highest BCUT2D eigenvalue weighted by molar-refractivity contribution is 5.83. The zero-order chi connectivity index (χ0) is 17.6. The van der Waals surface area contributed by atoms with E-state index in [1.54, 1.807) is 0 Å². The Balaban J connectivity index is 1.49. The molecule has 0 bridgehead atoms. The van der Waals surface area contributed by atoms with E-state index in [9.17, 15) is 9.59 Å². The molecule has 25 heavy (non-hydrogen) atoms. The van der Waals surface area contributed by atoms with Crippen LogP contribution in [0.4, 0.5) is 0 Å². The first-order valence-electron chi connectivity index (χ1n) is 8.78. The smallest absolute Gasteiger partial charge is 0.227 e. The van der Waals surface area contributed by atoms with Gasteiger partial charge >= 0.3 is 0 Å². The Bertz CT molecular complexity index is 715. The maximum absolute atomic E-state index is 12.3. The van der Waals surface area contributed by atoms with Crippen LogP contribution in [0.2, 0.25) is 0 Å². The second-order valence-corrected chi connectivity index (χ2v) is 6.71. The van der Waals surface area contributed by atoms with Gasteiger partial charge in [0.05, 0.1) is 5.92 Å². The molecule has 1 aliphatic heterocycles. The molecule has 3 rings (SSSR count). The fraction of sp³-hybridized carbons (Fsp3) is 0.333. The van der Waals surface area contributed by atoms with E-state index in [1.807, 2.05) is 72.5 Å². The lowest BCUT2D eigenvalue weighted by atomic mass is 10.00. The van der Waals surface area contributed by atoms with Crippen molar-refractivity contribution in [1.82, 2.24) is 10.2 Å². The van der Waals surface area contributed by atoms with Crippen molar-refractivity contribution >= 4 is 11.8 Å². The van der Waals surface area contributed by atoms with Crippen molar-refractivity contribution in [3.8, 4) is 0 Å². The Morgan fingerprint density at radius 1 is 1.12 bits per heavy atom. The third-order valence-electron chi connectivity index (χ3n) is 4.77. The van der Waals surface area contributed by atoms with Gasteiger partial charge in [-0.1, -0.05) is 60.7 Å². The molecule has 1 fully saturated rings. The number of benzene rings is 2. The lowest BCUT2D eigenvalue weighted by molar-refractivity contribution is -0.128. The highest BCUT2D eigenvalue weighted by atomic mass is 16.2. The molecule has 2 unspecified atom stereocenters. The van der Waals surface area contributed by atoms with Gasteiger partial charge in [-0.15, -0.1) is 0 Å². The molecule has 0 saturated carbocycles. The first kappa shape index (κ1) is 17.2. The van der Waals surface area contributed by atoms with Crippen LogP contribution in [-0.2, 0) is 16.1 Å². The summed E-state index contributed by atoms with van der Waals surface area (Å²) >= 11 is 0. The Kier molecular flexibility index (Phi) is 5.49. The van der Waals surface area contributed by atoms with Crippen LogP contribution in [0.15, 0.2) is 60.7 Å². The van der Waals surface area contributed by atoms with Gasteiger partial charge in [0.15, 0.2) is 0 Å². The third-order valence-corrected chi connectivity index (χ3v) is 4.77. The normalized spacial score (nSPS) is 18.2. The minimum atomic E-state index is -0.182. The second kappa shape index (κ2) is 7.97. The van der Waals surface area contributed by atoms with Crippen molar-refractivity contribution in [3.05, 3.63) is 71.8 Å². The van der Waals surface area contributed by atoms with Crippen molar-refractivity contribution in [1.29, 1.82) is 0 Å². The van der Waals surface area contributed by atoms with Crippen molar-refractivity contribution in [2.75, 3.05) is 13.1 Å². The van der Waals surface area contributed by atoms with Crippen LogP contribution in [0.1, 0.15) is 30.4 Å². The summed E-state index contributed by atoms with van der Waals surface area (Å²) in [5, 5.41) is 3.01. The van der Waals surface area contributed by atoms with Gasteiger partial charge in [-0.3, -0.25) is 9.59 Å². The van der Waals surface area contributed by atoms with Crippen LogP contribution >= 0.6 is 0 Å². The summed E-state index contributed by atoms with van der Waals surface area (Å²) in [6, 6.07) is 19.8. The highest BCUT2D eigenvalue weighted by Crippen LogP contribution is 2.20. The zero-order valence-corrected chi connectivity index (χ0v) is 14.5. The molecule has 1 heterocycles. The van der Waals surface area contributed by atoms with Crippen molar-refractivity contribution in [3.63, 3.8) is 0 Å². The van der Waals surface area contributed by atoms with Crippen LogP contribution in [0.25, 0.3) is 0 Å². The summed E-state index contributed by atoms with van der Waals surface area (Å²) in [6.45, 7) is 3.80. The van der Waals surface area contributed by atoms with Gasteiger partial charge in [0.25, 0.3) is 0 Å². The lowest BCUT2D eigenvalue weighted by Crippen LogP contribution is -2.33. The maximum Gasteiger partial charge on any atom is 0.227 e. The Hall–Kier alpha value is -2.62. The molecule has 2 amide bonds. The van der Waals surface area contributed by atoms with E-state index >= 15 is 0 Å². The van der Waals surface area contributed by atoms with E-state index in [0.717, 1.165) is 11.1 Å². The Morgan fingerprint density at radius 3 is 2.44 bits per heavy atom.